The van der Waals surface area contributed by atoms with Crippen LogP contribution in [0.2, 0.25) is 0 Å². The second-order valence-corrected chi connectivity index (χ2v) is 8.81. The average molecular weight is 475 g/mol. The van der Waals surface area contributed by atoms with Crippen LogP contribution in [0.15, 0.2) is 47.4 Å². The Morgan fingerprint density at radius 2 is 2.06 bits per heavy atom. The number of benzene rings is 1. The van der Waals surface area contributed by atoms with E-state index >= 15 is 0 Å². The van der Waals surface area contributed by atoms with Gasteiger partial charge in [0.2, 0.25) is 5.95 Å². The van der Waals surface area contributed by atoms with Gasteiger partial charge in [0.15, 0.2) is 0 Å². The number of rotatable bonds is 9. The molecule has 0 saturated carbocycles. The van der Waals surface area contributed by atoms with Gasteiger partial charge in [-0.1, -0.05) is 25.5 Å². The fourth-order valence-corrected chi connectivity index (χ4v) is 3.85. The summed E-state index contributed by atoms with van der Waals surface area (Å²) in [6, 6.07) is 9.08. The van der Waals surface area contributed by atoms with Gasteiger partial charge in [0.25, 0.3) is 5.91 Å². The normalized spacial score (nSPS) is 16.1. The number of carbonyl (C=O) groups is 1. The Balaban J connectivity index is 1.69. The van der Waals surface area contributed by atoms with Crippen LogP contribution in [-0.2, 0) is 0 Å². The number of carbonyl (C=O) groups excluding carboxylic acids is 1. The van der Waals surface area contributed by atoms with Crippen molar-refractivity contribution in [2.75, 3.05) is 25.5 Å². The van der Waals surface area contributed by atoms with Gasteiger partial charge in [-0.15, -0.1) is 0 Å². The Hall–Kier alpha value is -3.77. The highest BCUT2D eigenvalue weighted by atomic mass is 16.1. The Bertz CT molecular complexity index is 1100. The molecule has 1 aliphatic heterocycles. The molecule has 4 N–H and O–H groups in total. The van der Waals surface area contributed by atoms with Crippen molar-refractivity contribution in [3.63, 3.8) is 0 Å². The molecule has 1 aliphatic rings. The van der Waals surface area contributed by atoms with Crippen LogP contribution in [0.1, 0.15) is 48.5 Å². The van der Waals surface area contributed by atoms with Gasteiger partial charge >= 0.3 is 0 Å². The maximum Gasteiger partial charge on any atom is 0.252 e. The molecule has 35 heavy (non-hydrogen) atoms. The van der Waals surface area contributed by atoms with Crippen LogP contribution in [0.5, 0.6) is 0 Å². The number of aliphatic imine (C=N–C) groups is 1. The van der Waals surface area contributed by atoms with E-state index in [9.17, 15) is 10.1 Å². The molecule has 0 aliphatic carbocycles. The Morgan fingerprint density at radius 1 is 1.34 bits per heavy atom. The highest BCUT2D eigenvalue weighted by Crippen LogP contribution is 2.23. The molecular weight excluding hydrogens is 440 g/mol. The number of allylic oxidation sites excluding steroid dienone is 1. The number of piperidine rings is 1. The Labute approximate surface area is 207 Å². The fraction of sp³-hybridized carbons (Fsp3) is 0.423. The van der Waals surface area contributed by atoms with Crippen molar-refractivity contribution in [2.45, 2.75) is 51.6 Å². The van der Waals surface area contributed by atoms with Crippen LogP contribution in [0.4, 0.5) is 5.95 Å². The van der Waals surface area contributed by atoms with E-state index in [0.29, 0.717) is 29.7 Å². The summed E-state index contributed by atoms with van der Waals surface area (Å²) in [5.74, 6) is 0.148. The summed E-state index contributed by atoms with van der Waals surface area (Å²) in [6.45, 7) is 6.00. The van der Waals surface area contributed by atoms with Crippen molar-refractivity contribution < 1.29 is 4.79 Å². The van der Waals surface area contributed by atoms with Crippen molar-refractivity contribution in [1.82, 2.24) is 20.2 Å². The van der Waals surface area contributed by atoms with E-state index in [-0.39, 0.29) is 5.91 Å². The minimum atomic E-state index is -0.488. The lowest BCUT2D eigenvalue weighted by Crippen LogP contribution is -2.33. The van der Waals surface area contributed by atoms with E-state index in [2.05, 4.69) is 43.6 Å². The molecule has 1 saturated heterocycles. The van der Waals surface area contributed by atoms with Gasteiger partial charge in [-0.05, 0) is 64.0 Å². The van der Waals surface area contributed by atoms with Crippen LogP contribution in [0.3, 0.4) is 0 Å². The molecule has 1 aromatic carbocycles. The van der Waals surface area contributed by atoms with Gasteiger partial charge < -0.3 is 21.3 Å². The fourth-order valence-electron chi connectivity index (χ4n) is 3.85. The predicted molar refractivity (Wildman–Crippen MR) is 139 cm³/mol. The van der Waals surface area contributed by atoms with Crippen LogP contribution in [-0.4, -0.2) is 59.2 Å². The lowest BCUT2D eigenvalue weighted by atomic mass is 10.1. The first kappa shape index (κ1) is 25.8. The third-order valence-corrected chi connectivity index (χ3v) is 5.98. The Morgan fingerprint density at radius 3 is 2.69 bits per heavy atom. The maximum atomic E-state index is 12.5. The zero-order chi connectivity index (χ0) is 25.2. The van der Waals surface area contributed by atoms with E-state index < -0.39 is 6.04 Å². The zero-order valence-electron chi connectivity index (χ0n) is 20.7. The van der Waals surface area contributed by atoms with Gasteiger partial charge in [-0.25, -0.2) is 9.97 Å². The second-order valence-electron chi connectivity index (χ2n) is 8.81. The molecule has 2 aromatic rings. The molecule has 184 valence electrons. The number of hydrogen-bond acceptors (Lipinski definition) is 8. The standard InChI is InChI=1S/C26H34N8O/c1-4-5-22(14-27)31-25(35)20-8-6-19(7-9-20)24-18(2)16-30-26(33-24)32-23(15-28)17-29-21-10-12-34(3)13-11-21/h6-9,15-17,21-22H,4-5,10-13,28H2,1-3H3,(H,31,35)(H,30,32,33)/t22-/m0/s1. The number of anilines is 1. The quantitative estimate of drug-likeness (QED) is 0.475. The summed E-state index contributed by atoms with van der Waals surface area (Å²) in [5, 5.41) is 15.1. The summed E-state index contributed by atoms with van der Waals surface area (Å²) in [4.78, 5) is 28.5. The zero-order valence-corrected chi connectivity index (χ0v) is 20.7. The topological polar surface area (TPSA) is 132 Å². The SMILES string of the molecule is CCC[C@@H](C#N)NC(=O)c1ccc(-c2nc(NC(C=NC3CCN(C)CC3)=CN)ncc2C)cc1. The highest BCUT2D eigenvalue weighted by molar-refractivity contribution is 5.95. The molecule has 1 atom stereocenters. The minimum Gasteiger partial charge on any atom is -0.403 e. The number of hydrogen-bond donors (Lipinski definition) is 3. The third-order valence-electron chi connectivity index (χ3n) is 5.98. The van der Waals surface area contributed by atoms with Gasteiger partial charge in [0.1, 0.15) is 6.04 Å². The van der Waals surface area contributed by atoms with Crippen molar-refractivity contribution in [3.05, 3.63) is 53.5 Å². The van der Waals surface area contributed by atoms with E-state index in [1.54, 1.807) is 24.5 Å². The second kappa shape index (κ2) is 12.6. The summed E-state index contributed by atoms with van der Waals surface area (Å²) < 4.78 is 0. The number of nitrogens with zero attached hydrogens (tertiary/aromatic N) is 5. The smallest absolute Gasteiger partial charge is 0.252 e. The van der Waals surface area contributed by atoms with Gasteiger partial charge in [0.05, 0.1) is 23.5 Å². The maximum absolute atomic E-state index is 12.5. The van der Waals surface area contributed by atoms with E-state index in [1.165, 1.54) is 6.20 Å². The first-order valence-electron chi connectivity index (χ1n) is 12.0. The van der Waals surface area contributed by atoms with E-state index in [1.807, 2.05) is 26.0 Å². The molecule has 3 rings (SSSR count). The molecule has 2 heterocycles. The predicted octanol–water partition coefficient (Wildman–Crippen LogP) is 3.25. The lowest BCUT2D eigenvalue weighted by molar-refractivity contribution is 0.0944. The van der Waals surface area contributed by atoms with Crippen LogP contribution in [0, 0.1) is 18.3 Å². The molecule has 1 fully saturated rings. The third kappa shape index (κ3) is 7.36. The van der Waals surface area contributed by atoms with Crippen LogP contribution >= 0.6 is 0 Å². The molecule has 0 bridgehead atoms. The molecule has 1 amide bonds. The first-order chi connectivity index (χ1) is 16.9. The van der Waals surface area contributed by atoms with E-state index in [0.717, 1.165) is 49.2 Å². The number of amides is 1. The number of aromatic nitrogens is 2. The molecule has 0 spiro atoms. The summed E-state index contributed by atoms with van der Waals surface area (Å²) in [7, 11) is 2.12. The first-order valence-corrected chi connectivity index (χ1v) is 12.0. The average Bonchev–Trinajstić information content (AvgIpc) is 2.88. The summed E-state index contributed by atoms with van der Waals surface area (Å²) in [5.41, 5.74) is 9.44. The molecular formula is C26H34N8O. The van der Waals surface area contributed by atoms with Crippen molar-refractivity contribution in [3.8, 4) is 17.3 Å². The molecule has 1 aromatic heterocycles. The lowest BCUT2D eigenvalue weighted by Gasteiger charge is -2.26. The highest BCUT2D eigenvalue weighted by Gasteiger charge is 2.16. The monoisotopic (exact) mass is 474 g/mol. The molecule has 0 radical (unpaired) electrons. The van der Waals surface area contributed by atoms with Gasteiger partial charge in [-0.3, -0.25) is 9.79 Å². The number of nitriles is 1. The number of nitrogens with two attached hydrogens (primary N) is 1. The van der Waals surface area contributed by atoms with Crippen LogP contribution < -0.4 is 16.4 Å². The van der Waals surface area contributed by atoms with Gasteiger partial charge in [0, 0.05) is 29.7 Å². The summed E-state index contributed by atoms with van der Waals surface area (Å²) >= 11 is 0. The number of aryl methyl sites for hydroxylation is 1. The molecule has 0 unspecified atom stereocenters. The molecule has 9 nitrogen and oxygen atoms in total. The summed E-state index contributed by atoms with van der Waals surface area (Å²) in [6.07, 6.45) is 8.46. The Kier molecular flexibility index (Phi) is 9.32. The van der Waals surface area contributed by atoms with Crippen molar-refractivity contribution in [1.29, 1.82) is 5.26 Å². The van der Waals surface area contributed by atoms with Crippen molar-refractivity contribution in [2.24, 2.45) is 10.7 Å². The molecule has 9 heteroatoms. The number of likely N-dealkylation sites (tertiary alicyclic amines) is 1. The van der Waals surface area contributed by atoms with E-state index in [4.69, 9.17) is 5.73 Å². The largest absolute Gasteiger partial charge is 0.403 e. The number of nitrogens with one attached hydrogen (secondary N) is 2. The van der Waals surface area contributed by atoms with Crippen LogP contribution in [0.25, 0.3) is 11.3 Å². The van der Waals surface area contributed by atoms with Gasteiger partial charge in [-0.2, -0.15) is 5.26 Å². The van der Waals surface area contributed by atoms with Crippen molar-refractivity contribution >= 4 is 18.1 Å². The minimum absolute atomic E-state index is 0.264.